The summed E-state index contributed by atoms with van der Waals surface area (Å²) in [6.45, 7) is 28.0. The molecule has 67 heavy (non-hydrogen) atoms. The minimum Gasteiger partial charge on any atom is -0.481 e. The monoisotopic (exact) mass is 916 g/mol. The third kappa shape index (κ3) is 6.83. The number of carboxylic acids is 1. The van der Waals surface area contributed by atoms with E-state index in [2.05, 4.69) is 67.3 Å². The zero-order chi connectivity index (χ0) is 48.3. The number of carbonyl (C=O) groups excluding carboxylic acids is 3. The van der Waals surface area contributed by atoms with Crippen molar-refractivity contribution in [1.29, 1.82) is 0 Å². The maximum absolute atomic E-state index is 15.2. The average Bonchev–Trinajstić information content (AvgIpc) is 3.69. The Kier molecular flexibility index (Phi) is 11.7. The molecule has 0 radical (unpaired) electrons. The highest BCUT2D eigenvalue weighted by Gasteiger charge is 2.77. The molecule has 7 aliphatic rings. The maximum Gasteiger partial charge on any atom is 0.310 e. The largest absolute Gasteiger partial charge is 0.481 e. The molecule has 8 nitrogen and oxygen atoms in total. The van der Waals surface area contributed by atoms with Gasteiger partial charge < -0.3 is 19.9 Å². The van der Waals surface area contributed by atoms with E-state index in [0.29, 0.717) is 36.5 Å². The van der Waals surface area contributed by atoms with Crippen molar-refractivity contribution in [3.8, 4) is 0 Å². The quantitative estimate of drug-likeness (QED) is 0.170. The zero-order valence-corrected chi connectivity index (χ0v) is 42.5. The number of carboxylic acid groups (broad SMARTS) is 1. The Morgan fingerprint density at radius 1 is 0.657 bits per heavy atom. The lowest BCUT2D eigenvalue weighted by Crippen LogP contribution is -2.71. The Morgan fingerprint density at radius 3 is 1.79 bits per heavy atom. The summed E-state index contributed by atoms with van der Waals surface area (Å²) in [4.78, 5) is 56.0. The van der Waals surface area contributed by atoms with Crippen LogP contribution in [0.25, 0.3) is 0 Å². The van der Waals surface area contributed by atoms with Gasteiger partial charge in [0.15, 0.2) is 0 Å². The van der Waals surface area contributed by atoms with Crippen LogP contribution >= 0.6 is 0 Å². The average molecular weight is 916 g/mol. The van der Waals surface area contributed by atoms with Gasteiger partial charge in [-0.1, -0.05) is 135 Å². The van der Waals surface area contributed by atoms with Crippen molar-refractivity contribution in [2.24, 2.45) is 90.7 Å². The number of ether oxygens (including phenoxy) is 2. The topological polar surface area (TPSA) is 119 Å². The number of nitrogens with one attached hydrogen (secondary N) is 1. The van der Waals surface area contributed by atoms with Gasteiger partial charge in [0.25, 0.3) is 0 Å². The third-order valence-corrected chi connectivity index (χ3v) is 22.7. The van der Waals surface area contributed by atoms with Crippen LogP contribution in [-0.4, -0.2) is 35.0 Å². The molecule has 0 saturated heterocycles. The molecule has 0 spiro atoms. The zero-order valence-electron chi connectivity index (χ0n) is 42.5. The van der Waals surface area contributed by atoms with Crippen LogP contribution < -0.4 is 5.32 Å². The number of allylic oxidation sites excluding steroid dienone is 1. The SMILES string of the molecule is C=C(C)[C@@H]1CC[C@]2(C(=O)N[C@@H]3C[C@H](C(=O)OCc4ccccc4)C3(C)C)CC[C@]3(C)[C@H](CC[C@@H]4[C@]5(C)CC[C@H]([C@@]6(C(=O)O)C[C@@H](C(=O)OCc7ccccc7)C6(C)C)C(C)(C)[C@H]5CC[C@]43C)[C@@H]12. The molecule has 0 bridgehead atoms. The maximum atomic E-state index is 15.2. The molecule has 364 valence electrons. The van der Waals surface area contributed by atoms with Gasteiger partial charge in [-0.2, -0.15) is 0 Å². The first-order valence-corrected chi connectivity index (χ1v) is 26.0. The van der Waals surface area contributed by atoms with E-state index in [-0.39, 0.29) is 76.5 Å². The van der Waals surface area contributed by atoms with E-state index in [1.807, 2.05) is 74.5 Å². The van der Waals surface area contributed by atoms with Crippen LogP contribution in [0.4, 0.5) is 0 Å². The highest BCUT2D eigenvalue weighted by molar-refractivity contribution is 5.86. The summed E-state index contributed by atoms with van der Waals surface area (Å²) in [7, 11) is 0. The normalized spacial score (nSPS) is 41.9. The van der Waals surface area contributed by atoms with Gasteiger partial charge in [0.1, 0.15) is 13.2 Å². The van der Waals surface area contributed by atoms with Crippen LogP contribution in [0.1, 0.15) is 157 Å². The van der Waals surface area contributed by atoms with Crippen LogP contribution in [-0.2, 0) is 41.9 Å². The van der Waals surface area contributed by atoms with Crippen molar-refractivity contribution in [2.45, 2.75) is 166 Å². The fraction of sp³-hybridized carbons (Fsp3) is 0.695. The standard InChI is InChI=1S/C59H81NO7/c1-36(2)39-24-29-58(50(63)60-46-32-41(52(46,3)4)48(61)66-34-37-18-14-12-15-19-37)31-30-56(10)40(47(39)58)22-23-45-55(9)27-25-44(53(5,6)43(55)26-28-57(45,56)11)59(51(64)65)33-42(54(59,7)8)49(62)67-35-38-20-16-13-17-21-38/h12-21,39-47H,1,22-35H2,2-11H3,(H,60,63)(H,64,65)/t39-,40+,41+,42-,43+,44-,45+,46+,47+,55+,56+,57+,58-,59+/m0/s1. The second-order valence-electron chi connectivity index (χ2n) is 25.8. The fourth-order valence-corrected chi connectivity index (χ4v) is 18.5. The molecule has 2 aromatic carbocycles. The summed E-state index contributed by atoms with van der Waals surface area (Å²) in [5, 5.41) is 14.9. The van der Waals surface area contributed by atoms with Gasteiger partial charge in [-0.3, -0.25) is 19.2 Å². The first-order valence-electron chi connectivity index (χ1n) is 26.0. The van der Waals surface area contributed by atoms with E-state index in [9.17, 15) is 19.5 Å². The first-order chi connectivity index (χ1) is 31.4. The summed E-state index contributed by atoms with van der Waals surface area (Å²) >= 11 is 0. The van der Waals surface area contributed by atoms with Crippen molar-refractivity contribution in [1.82, 2.24) is 5.32 Å². The predicted octanol–water partition coefficient (Wildman–Crippen LogP) is 12.4. The molecule has 9 rings (SSSR count). The van der Waals surface area contributed by atoms with Crippen molar-refractivity contribution in [2.75, 3.05) is 0 Å². The third-order valence-electron chi connectivity index (χ3n) is 22.7. The number of benzene rings is 2. The number of hydrogen-bond acceptors (Lipinski definition) is 6. The summed E-state index contributed by atoms with van der Waals surface area (Å²) in [6, 6.07) is 19.4. The number of fused-ring (bicyclic) bond motifs is 7. The molecule has 0 heterocycles. The number of rotatable bonds is 11. The lowest BCUT2D eigenvalue weighted by molar-refractivity contribution is -0.269. The first kappa shape index (κ1) is 48.1. The summed E-state index contributed by atoms with van der Waals surface area (Å²) < 4.78 is 11.7. The van der Waals surface area contributed by atoms with Gasteiger partial charge in [0.2, 0.25) is 5.91 Å². The smallest absolute Gasteiger partial charge is 0.310 e. The van der Waals surface area contributed by atoms with Gasteiger partial charge in [-0.05, 0) is 163 Å². The van der Waals surface area contributed by atoms with E-state index in [1.54, 1.807) is 0 Å². The van der Waals surface area contributed by atoms with E-state index >= 15 is 4.79 Å². The molecule has 8 heteroatoms. The lowest BCUT2D eigenvalue weighted by Gasteiger charge is -2.74. The number of hydrogen-bond donors (Lipinski definition) is 2. The summed E-state index contributed by atoms with van der Waals surface area (Å²) in [6.07, 6.45) is 10.9. The molecule has 0 aliphatic heterocycles. The Hall–Kier alpha value is -3.94. The van der Waals surface area contributed by atoms with Crippen LogP contribution in [0.2, 0.25) is 0 Å². The molecule has 2 aromatic rings. The van der Waals surface area contributed by atoms with Crippen molar-refractivity contribution in [3.63, 3.8) is 0 Å². The predicted molar refractivity (Wildman–Crippen MR) is 261 cm³/mol. The van der Waals surface area contributed by atoms with Crippen molar-refractivity contribution >= 4 is 23.8 Å². The molecule has 7 saturated carbocycles. The number of amides is 1. The van der Waals surface area contributed by atoms with Gasteiger partial charge in [-0.15, -0.1) is 0 Å². The number of esters is 2. The molecule has 0 unspecified atom stereocenters. The summed E-state index contributed by atoms with van der Waals surface area (Å²) in [5.41, 5.74) is 0.322. The highest BCUT2D eigenvalue weighted by Crippen LogP contribution is 2.80. The molecule has 7 fully saturated rings. The molecular formula is C59H81NO7. The van der Waals surface area contributed by atoms with E-state index in [0.717, 1.165) is 75.3 Å². The molecule has 14 atom stereocenters. The summed E-state index contributed by atoms with van der Waals surface area (Å²) in [5.74, 6) is -0.101. The second kappa shape index (κ2) is 16.3. The number of aliphatic carboxylic acids is 1. The Balaban J connectivity index is 0.924. The van der Waals surface area contributed by atoms with Gasteiger partial charge in [-0.25, -0.2) is 0 Å². The molecule has 0 aromatic heterocycles. The Bertz CT molecular complexity index is 2280. The van der Waals surface area contributed by atoms with Crippen LogP contribution in [0.15, 0.2) is 72.8 Å². The van der Waals surface area contributed by atoms with Crippen molar-refractivity contribution < 1.29 is 33.8 Å². The van der Waals surface area contributed by atoms with Gasteiger partial charge in [0, 0.05) is 6.04 Å². The minimum absolute atomic E-state index is 0.0340. The minimum atomic E-state index is -1.02. The van der Waals surface area contributed by atoms with Crippen LogP contribution in [0.5, 0.6) is 0 Å². The van der Waals surface area contributed by atoms with Gasteiger partial charge >= 0.3 is 17.9 Å². The molecule has 1 amide bonds. The Morgan fingerprint density at radius 2 is 1.24 bits per heavy atom. The number of carbonyl (C=O) groups is 4. The van der Waals surface area contributed by atoms with E-state index in [1.165, 1.54) is 5.57 Å². The van der Waals surface area contributed by atoms with E-state index < -0.39 is 33.5 Å². The Labute approximate surface area is 401 Å². The molecular weight excluding hydrogens is 835 g/mol. The van der Waals surface area contributed by atoms with Crippen molar-refractivity contribution in [3.05, 3.63) is 83.9 Å². The van der Waals surface area contributed by atoms with E-state index in [4.69, 9.17) is 9.47 Å². The van der Waals surface area contributed by atoms with Gasteiger partial charge in [0.05, 0.1) is 22.7 Å². The van der Waals surface area contributed by atoms with Crippen LogP contribution in [0.3, 0.4) is 0 Å². The second-order valence-corrected chi connectivity index (χ2v) is 25.8. The van der Waals surface area contributed by atoms with Crippen LogP contribution in [0, 0.1) is 90.7 Å². The lowest BCUT2D eigenvalue weighted by atomic mass is 9.29. The molecule has 2 N–H and O–H groups in total. The fourth-order valence-electron chi connectivity index (χ4n) is 18.5. The highest BCUT2D eigenvalue weighted by atomic mass is 16.5. The molecule has 7 aliphatic carbocycles.